The van der Waals surface area contributed by atoms with E-state index in [1.807, 2.05) is 0 Å². The summed E-state index contributed by atoms with van der Waals surface area (Å²) in [5, 5.41) is 36.9. The second-order valence-electron chi connectivity index (χ2n) is 5.11. The molecule has 1 heterocycles. The first kappa shape index (κ1) is 16.0. The van der Waals surface area contributed by atoms with Crippen LogP contribution < -0.4 is 0 Å². The molecular weight excluding hydrogens is 336 g/mol. The lowest BCUT2D eigenvalue weighted by Gasteiger charge is -2.02. The van der Waals surface area contributed by atoms with Crippen molar-refractivity contribution in [3.05, 3.63) is 46.5 Å². The summed E-state index contributed by atoms with van der Waals surface area (Å²) in [6.45, 7) is 0. The Labute approximate surface area is 137 Å². The molecule has 0 saturated carbocycles. The van der Waals surface area contributed by atoms with Gasteiger partial charge in [-0.1, -0.05) is 0 Å². The summed E-state index contributed by atoms with van der Waals surface area (Å²) in [5.74, 6) is -5.90. The van der Waals surface area contributed by atoms with Gasteiger partial charge >= 0.3 is 23.9 Å². The first-order valence-electron chi connectivity index (χ1n) is 6.68. The Kier molecular flexibility index (Phi) is 3.42. The number of hydrogen-bond donors (Lipinski definition) is 4. The van der Waals surface area contributed by atoms with Crippen LogP contribution in [0.4, 0.5) is 0 Å². The quantitative estimate of drug-likeness (QED) is 0.556. The Balaban J connectivity index is 2.46. The van der Waals surface area contributed by atoms with Crippen LogP contribution >= 0.6 is 0 Å². The molecule has 0 atom stereocenters. The molecule has 0 unspecified atom stereocenters. The molecule has 0 aliphatic rings. The summed E-state index contributed by atoms with van der Waals surface area (Å²) in [6, 6.07) is 4.11. The molecule has 9 nitrogen and oxygen atoms in total. The van der Waals surface area contributed by atoms with Gasteiger partial charge in [0.25, 0.3) is 0 Å². The van der Waals surface area contributed by atoms with E-state index in [9.17, 15) is 29.4 Å². The van der Waals surface area contributed by atoms with Gasteiger partial charge in [-0.2, -0.15) is 0 Å². The first-order valence-corrected chi connectivity index (χ1v) is 6.68. The van der Waals surface area contributed by atoms with Gasteiger partial charge in [0.1, 0.15) is 11.2 Å². The molecule has 0 spiro atoms. The van der Waals surface area contributed by atoms with E-state index in [2.05, 4.69) is 0 Å². The molecule has 0 saturated heterocycles. The largest absolute Gasteiger partial charge is 0.478 e. The molecule has 0 aliphatic carbocycles. The van der Waals surface area contributed by atoms with Gasteiger partial charge in [-0.05, 0) is 24.3 Å². The number of fused-ring (bicyclic) bond motifs is 3. The van der Waals surface area contributed by atoms with Crippen LogP contribution in [0.15, 0.2) is 28.7 Å². The minimum absolute atomic E-state index is 0.00345. The van der Waals surface area contributed by atoms with E-state index in [-0.39, 0.29) is 21.9 Å². The lowest BCUT2D eigenvalue weighted by molar-refractivity contribution is 0.0652. The second-order valence-corrected chi connectivity index (χ2v) is 5.11. The van der Waals surface area contributed by atoms with Crippen molar-refractivity contribution in [2.24, 2.45) is 0 Å². The van der Waals surface area contributed by atoms with Gasteiger partial charge in [0, 0.05) is 10.8 Å². The fourth-order valence-electron chi connectivity index (χ4n) is 2.58. The first-order chi connectivity index (χ1) is 11.7. The monoisotopic (exact) mass is 344 g/mol. The minimum atomic E-state index is -1.48. The molecule has 0 fully saturated rings. The van der Waals surface area contributed by atoms with E-state index < -0.39 is 46.1 Å². The number of hydrogen-bond acceptors (Lipinski definition) is 5. The number of benzene rings is 2. The second kappa shape index (κ2) is 5.34. The molecule has 9 heteroatoms. The third kappa shape index (κ3) is 2.43. The molecule has 0 radical (unpaired) electrons. The molecule has 2 aromatic carbocycles. The number of carbonyl (C=O) groups is 4. The SMILES string of the molecule is O=C(O)c1cc2oc3cc(C(=O)O)c(C(=O)O)cc3c2cc1C(=O)O. The molecule has 0 amide bonds. The maximum atomic E-state index is 11.3. The zero-order chi connectivity index (χ0) is 18.5. The van der Waals surface area contributed by atoms with E-state index in [0.29, 0.717) is 0 Å². The lowest BCUT2D eigenvalue weighted by Crippen LogP contribution is -2.08. The summed E-state index contributed by atoms with van der Waals surface area (Å²) in [5.41, 5.74) is -2.01. The number of rotatable bonds is 4. The van der Waals surface area contributed by atoms with Crippen molar-refractivity contribution in [2.45, 2.75) is 0 Å². The van der Waals surface area contributed by atoms with Crippen molar-refractivity contribution in [3.8, 4) is 0 Å². The van der Waals surface area contributed by atoms with E-state index >= 15 is 0 Å². The van der Waals surface area contributed by atoms with Gasteiger partial charge in [0.15, 0.2) is 0 Å². The minimum Gasteiger partial charge on any atom is -0.478 e. The van der Waals surface area contributed by atoms with Crippen LogP contribution in [0.5, 0.6) is 0 Å². The number of carboxylic acid groups (broad SMARTS) is 4. The van der Waals surface area contributed by atoms with Crippen LogP contribution in [0, 0.1) is 0 Å². The summed E-state index contributed by atoms with van der Waals surface area (Å²) in [4.78, 5) is 45.0. The Morgan fingerprint density at radius 2 is 0.840 bits per heavy atom. The molecule has 3 rings (SSSR count). The molecule has 1 aromatic heterocycles. The van der Waals surface area contributed by atoms with E-state index in [4.69, 9.17) is 14.6 Å². The van der Waals surface area contributed by atoms with Gasteiger partial charge in [0.2, 0.25) is 0 Å². The van der Waals surface area contributed by atoms with E-state index in [1.165, 1.54) is 0 Å². The molecule has 126 valence electrons. The average molecular weight is 344 g/mol. The van der Waals surface area contributed by atoms with E-state index in [0.717, 1.165) is 24.3 Å². The van der Waals surface area contributed by atoms with Crippen LogP contribution in [0.25, 0.3) is 21.9 Å². The number of aromatic carboxylic acids is 4. The lowest BCUT2D eigenvalue weighted by atomic mass is 10.0. The third-order valence-electron chi connectivity index (χ3n) is 3.67. The fraction of sp³-hybridized carbons (Fsp3) is 0. The van der Waals surface area contributed by atoms with Gasteiger partial charge < -0.3 is 24.8 Å². The van der Waals surface area contributed by atoms with Crippen molar-refractivity contribution < 1.29 is 44.0 Å². The van der Waals surface area contributed by atoms with Crippen LogP contribution in [-0.2, 0) is 0 Å². The van der Waals surface area contributed by atoms with Crippen LogP contribution in [-0.4, -0.2) is 44.3 Å². The maximum Gasteiger partial charge on any atom is 0.336 e. The molecule has 3 aromatic rings. The molecule has 25 heavy (non-hydrogen) atoms. The van der Waals surface area contributed by atoms with Crippen molar-refractivity contribution in [1.29, 1.82) is 0 Å². The normalized spacial score (nSPS) is 10.9. The van der Waals surface area contributed by atoms with Crippen molar-refractivity contribution in [1.82, 2.24) is 0 Å². The highest BCUT2D eigenvalue weighted by molar-refractivity contribution is 6.15. The highest BCUT2D eigenvalue weighted by atomic mass is 16.4. The summed E-state index contributed by atoms with van der Waals surface area (Å²) >= 11 is 0. The topological polar surface area (TPSA) is 162 Å². The Morgan fingerprint density at radius 3 is 1.12 bits per heavy atom. The average Bonchev–Trinajstić information content (AvgIpc) is 2.88. The Morgan fingerprint density at radius 1 is 0.560 bits per heavy atom. The predicted molar refractivity (Wildman–Crippen MR) is 81.6 cm³/mol. The molecule has 4 N–H and O–H groups in total. The van der Waals surface area contributed by atoms with Crippen LogP contribution in [0.3, 0.4) is 0 Å². The van der Waals surface area contributed by atoms with E-state index in [1.54, 1.807) is 0 Å². The zero-order valence-electron chi connectivity index (χ0n) is 12.1. The van der Waals surface area contributed by atoms with Crippen LogP contribution in [0.1, 0.15) is 41.4 Å². The number of furan rings is 1. The summed E-state index contributed by atoms with van der Waals surface area (Å²) < 4.78 is 5.39. The number of carboxylic acids is 4. The van der Waals surface area contributed by atoms with Crippen molar-refractivity contribution >= 4 is 45.8 Å². The molecule has 0 bridgehead atoms. The van der Waals surface area contributed by atoms with Gasteiger partial charge in [-0.3, -0.25) is 0 Å². The smallest absolute Gasteiger partial charge is 0.336 e. The van der Waals surface area contributed by atoms with Crippen molar-refractivity contribution in [2.75, 3.05) is 0 Å². The third-order valence-corrected chi connectivity index (χ3v) is 3.67. The highest BCUT2D eigenvalue weighted by Gasteiger charge is 2.23. The fourth-order valence-corrected chi connectivity index (χ4v) is 2.58. The van der Waals surface area contributed by atoms with Gasteiger partial charge in [0.05, 0.1) is 22.3 Å². The highest BCUT2D eigenvalue weighted by Crippen LogP contribution is 2.33. The van der Waals surface area contributed by atoms with Gasteiger partial charge in [-0.15, -0.1) is 0 Å². The Hall–Kier alpha value is -3.88. The predicted octanol–water partition coefficient (Wildman–Crippen LogP) is 2.38. The standard InChI is InChI=1S/C16H8O9/c17-13(18)7-1-5-6-2-8(14(19)20)10(16(23)24)4-12(6)25-11(5)3-9(7)15(21)22/h1-4H,(H,17,18)(H,19,20)(H,21,22)(H,23,24). The molecule has 0 aliphatic heterocycles. The Bertz CT molecular complexity index is 1020. The van der Waals surface area contributed by atoms with Gasteiger partial charge in [-0.25, -0.2) is 19.2 Å². The maximum absolute atomic E-state index is 11.3. The molecular formula is C16H8O9. The van der Waals surface area contributed by atoms with Crippen LogP contribution in [0.2, 0.25) is 0 Å². The summed E-state index contributed by atoms with van der Waals surface area (Å²) in [6.07, 6.45) is 0. The zero-order valence-corrected chi connectivity index (χ0v) is 12.1. The summed E-state index contributed by atoms with van der Waals surface area (Å²) in [7, 11) is 0. The van der Waals surface area contributed by atoms with Crippen molar-refractivity contribution in [3.63, 3.8) is 0 Å².